The van der Waals surface area contributed by atoms with Gasteiger partial charge >= 0.3 is 23.9 Å². The number of esters is 3. The van der Waals surface area contributed by atoms with E-state index in [4.69, 9.17) is 24.1 Å². The van der Waals surface area contributed by atoms with Crippen molar-refractivity contribution in [3.05, 3.63) is 35.1 Å². The number of hydrogen-bond acceptors (Lipinski definition) is 11. The molecule has 2 heterocycles. The standard InChI is InChI=1S/C26H29NO11/c1-12(35-24(33)17(11-19(30)31)36-13(2)28)23(32)37-16-6-7-26(34)18-10-14-4-5-15(29)21-20(14)25(26,22(16)38-21)8-9-27(18)3/h4-6,12,17-18,22,29,34H,7-11H2,1-3H3,(H,30,31)/t12-,17-,18-,22+,25+,26-/m0/s1. The predicted molar refractivity (Wildman–Crippen MR) is 126 cm³/mol. The molecule has 5 rings (SSSR count). The van der Waals surface area contributed by atoms with Gasteiger partial charge in [-0.15, -0.1) is 0 Å². The van der Waals surface area contributed by atoms with Gasteiger partial charge in [-0.05, 0) is 51.1 Å². The number of piperidine rings is 1. The quantitative estimate of drug-likeness (QED) is 0.330. The van der Waals surface area contributed by atoms with Crippen LogP contribution in [0.5, 0.6) is 11.5 Å². The summed E-state index contributed by atoms with van der Waals surface area (Å²) in [7, 11) is 1.95. The number of carboxylic acids is 1. The molecule has 0 aromatic heterocycles. The average Bonchev–Trinajstić information content (AvgIpc) is 3.19. The predicted octanol–water partition coefficient (Wildman–Crippen LogP) is 0.551. The van der Waals surface area contributed by atoms with Crippen LogP contribution in [0.25, 0.3) is 0 Å². The van der Waals surface area contributed by atoms with Crippen molar-refractivity contribution in [1.82, 2.24) is 4.90 Å². The Morgan fingerprint density at radius 1 is 1.21 bits per heavy atom. The highest BCUT2D eigenvalue weighted by molar-refractivity contribution is 5.86. The highest BCUT2D eigenvalue weighted by Gasteiger charge is 2.72. The second kappa shape index (κ2) is 8.98. The van der Waals surface area contributed by atoms with E-state index in [1.807, 2.05) is 13.1 Å². The van der Waals surface area contributed by atoms with E-state index in [-0.39, 0.29) is 29.7 Å². The lowest BCUT2D eigenvalue weighted by Gasteiger charge is -2.61. The molecule has 204 valence electrons. The van der Waals surface area contributed by atoms with Crippen molar-refractivity contribution in [3.63, 3.8) is 0 Å². The zero-order chi connectivity index (χ0) is 27.6. The zero-order valence-electron chi connectivity index (χ0n) is 21.1. The number of carboxylic acid groups (broad SMARTS) is 1. The molecule has 1 saturated heterocycles. The molecule has 4 aliphatic rings. The Labute approximate surface area is 217 Å². The number of ether oxygens (including phenoxy) is 4. The van der Waals surface area contributed by atoms with E-state index in [9.17, 15) is 29.4 Å². The fraction of sp³-hybridized carbons (Fsp3) is 0.538. The van der Waals surface area contributed by atoms with Gasteiger partial charge in [0.25, 0.3) is 0 Å². The lowest BCUT2D eigenvalue weighted by atomic mass is 9.50. The zero-order valence-corrected chi connectivity index (χ0v) is 21.1. The summed E-state index contributed by atoms with van der Waals surface area (Å²) >= 11 is 0. The van der Waals surface area contributed by atoms with E-state index in [1.54, 1.807) is 12.1 Å². The number of carbonyl (C=O) groups excluding carboxylic acids is 3. The summed E-state index contributed by atoms with van der Waals surface area (Å²) in [6.07, 6.45) is -2.13. The summed E-state index contributed by atoms with van der Waals surface area (Å²) in [6, 6.07) is 3.16. The first-order chi connectivity index (χ1) is 17.9. The Morgan fingerprint density at radius 2 is 1.95 bits per heavy atom. The van der Waals surface area contributed by atoms with Gasteiger partial charge in [0.1, 0.15) is 5.76 Å². The Bertz CT molecular complexity index is 1240. The van der Waals surface area contributed by atoms with Crippen molar-refractivity contribution in [3.8, 4) is 11.5 Å². The number of phenolic OH excluding ortho intramolecular Hbond substituents is 1. The van der Waals surface area contributed by atoms with Gasteiger partial charge in [-0.3, -0.25) is 9.59 Å². The van der Waals surface area contributed by atoms with Gasteiger partial charge in [0.05, 0.1) is 17.4 Å². The molecular formula is C26H29NO11. The normalized spacial score (nSPS) is 30.2. The largest absolute Gasteiger partial charge is 0.504 e. The van der Waals surface area contributed by atoms with Crippen LogP contribution in [0.15, 0.2) is 24.0 Å². The van der Waals surface area contributed by atoms with Gasteiger partial charge in [0, 0.05) is 24.9 Å². The summed E-state index contributed by atoms with van der Waals surface area (Å²) < 4.78 is 21.6. The van der Waals surface area contributed by atoms with Gasteiger partial charge in [0.2, 0.25) is 6.10 Å². The molecule has 1 fully saturated rings. The minimum Gasteiger partial charge on any atom is -0.504 e. The number of phenols is 1. The van der Waals surface area contributed by atoms with Crippen LogP contribution in [0.2, 0.25) is 0 Å². The second-order valence-electron chi connectivity index (χ2n) is 10.3. The van der Waals surface area contributed by atoms with Gasteiger partial charge in [-0.2, -0.15) is 0 Å². The van der Waals surface area contributed by atoms with Crippen molar-refractivity contribution in [2.24, 2.45) is 0 Å². The average molecular weight is 532 g/mol. The maximum Gasteiger partial charge on any atom is 0.352 e. The minimum absolute atomic E-state index is 0.0739. The van der Waals surface area contributed by atoms with E-state index < -0.39 is 59.6 Å². The number of likely N-dealkylation sites (tertiary alicyclic amines) is 1. The number of aliphatic hydroxyl groups is 1. The molecule has 0 unspecified atom stereocenters. The molecule has 1 aromatic carbocycles. The first-order valence-corrected chi connectivity index (χ1v) is 12.3. The minimum atomic E-state index is -1.73. The fourth-order valence-corrected chi connectivity index (χ4v) is 6.47. The van der Waals surface area contributed by atoms with Crippen LogP contribution in [0.4, 0.5) is 0 Å². The number of rotatable bonds is 7. The van der Waals surface area contributed by atoms with Crippen LogP contribution in [0.1, 0.15) is 44.2 Å². The van der Waals surface area contributed by atoms with Gasteiger partial charge in [-0.25, -0.2) is 9.59 Å². The summed E-state index contributed by atoms with van der Waals surface area (Å²) in [6.45, 7) is 2.90. The number of nitrogens with zero attached hydrogens (tertiary/aromatic N) is 1. The number of aliphatic carboxylic acids is 1. The SMILES string of the molecule is CC(=O)O[C@@H](CC(=O)O)C(=O)O[C@@H](C)C(=O)OC1=CC[C@]2(O)[C@@H]3Cc4ccc(O)c5c4[C@]2(CCN3C)[C@@H]1O5. The third-order valence-electron chi connectivity index (χ3n) is 8.13. The van der Waals surface area contributed by atoms with Crippen molar-refractivity contribution in [2.75, 3.05) is 13.6 Å². The molecule has 38 heavy (non-hydrogen) atoms. The van der Waals surface area contributed by atoms with Crippen LogP contribution in [-0.4, -0.2) is 87.6 Å². The molecule has 2 aliphatic heterocycles. The highest BCUT2D eigenvalue weighted by Crippen LogP contribution is 2.65. The first-order valence-electron chi connectivity index (χ1n) is 12.3. The lowest BCUT2D eigenvalue weighted by Crippen LogP contribution is -2.74. The molecule has 12 heteroatoms. The second-order valence-corrected chi connectivity index (χ2v) is 10.3. The number of benzene rings is 1. The molecule has 2 aliphatic carbocycles. The molecule has 2 bridgehead atoms. The Balaban J connectivity index is 1.40. The van der Waals surface area contributed by atoms with E-state index in [0.717, 1.165) is 18.1 Å². The molecule has 1 aromatic rings. The molecule has 12 nitrogen and oxygen atoms in total. The molecule has 3 N–H and O–H groups in total. The van der Waals surface area contributed by atoms with E-state index in [0.29, 0.717) is 19.4 Å². The third kappa shape index (κ3) is 3.73. The topological polar surface area (TPSA) is 169 Å². The molecule has 0 radical (unpaired) electrons. The number of likely N-dealkylation sites (N-methyl/N-ethyl adjacent to an activating group) is 1. The van der Waals surface area contributed by atoms with Crippen molar-refractivity contribution in [2.45, 2.75) is 74.9 Å². The van der Waals surface area contributed by atoms with E-state index in [1.165, 1.54) is 6.92 Å². The van der Waals surface area contributed by atoms with Crippen LogP contribution >= 0.6 is 0 Å². The summed E-state index contributed by atoms with van der Waals surface area (Å²) in [5.74, 6) is -4.14. The molecule has 0 saturated carbocycles. The number of hydrogen-bond donors (Lipinski definition) is 3. The number of aromatic hydroxyl groups is 1. The maximum absolute atomic E-state index is 13.0. The Hall–Kier alpha value is -3.64. The molecule has 6 atom stereocenters. The van der Waals surface area contributed by atoms with E-state index >= 15 is 0 Å². The third-order valence-corrected chi connectivity index (χ3v) is 8.13. The van der Waals surface area contributed by atoms with Crippen LogP contribution in [0.3, 0.4) is 0 Å². The van der Waals surface area contributed by atoms with Crippen LogP contribution in [-0.2, 0) is 45.2 Å². The van der Waals surface area contributed by atoms with Gasteiger partial charge in [0.15, 0.2) is 23.7 Å². The van der Waals surface area contributed by atoms with Crippen molar-refractivity contribution in [1.29, 1.82) is 0 Å². The number of carbonyl (C=O) groups is 4. The van der Waals surface area contributed by atoms with E-state index in [2.05, 4.69) is 4.90 Å². The maximum atomic E-state index is 13.0. The fourth-order valence-electron chi connectivity index (χ4n) is 6.47. The smallest absolute Gasteiger partial charge is 0.352 e. The molecule has 1 spiro atoms. The highest BCUT2D eigenvalue weighted by atomic mass is 16.6. The van der Waals surface area contributed by atoms with Crippen molar-refractivity contribution < 1.29 is 53.4 Å². The summed E-state index contributed by atoms with van der Waals surface area (Å²) in [5.41, 5.74) is -0.517. The summed E-state index contributed by atoms with van der Waals surface area (Å²) in [4.78, 5) is 49.8. The Morgan fingerprint density at radius 3 is 2.63 bits per heavy atom. The van der Waals surface area contributed by atoms with Crippen LogP contribution < -0.4 is 4.74 Å². The molecular weight excluding hydrogens is 502 g/mol. The monoisotopic (exact) mass is 531 g/mol. The van der Waals surface area contributed by atoms with Gasteiger partial charge < -0.3 is 39.2 Å². The molecule has 0 amide bonds. The Kier molecular flexibility index (Phi) is 6.14. The van der Waals surface area contributed by atoms with Crippen LogP contribution in [0, 0.1) is 0 Å². The summed E-state index contributed by atoms with van der Waals surface area (Å²) in [5, 5.41) is 31.7. The lowest BCUT2D eigenvalue weighted by molar-refractivity contribution is -0.181. The first kappa shape index (κ1) is 26.0. The van der Waals surface area contributed by atoms with Crippen molar-refractivity contribution >= 4 is 23.9 Å². The van der Waals surface area contributed by atoms with Gasteiger partial charge in [-0.1, -0.05) is 6.07 Å².